The molecule has 1 aromatic carbocycles. The summed E-state index contributed by atoms with van der Waals surface area (Å²) in [5.41, 5.74) is 1.46. The van der Waals surface area contributed by atoms with Crippen molar-refractivity contribution >= 4 is 11.9 Å². The molecular weight excluding hydrogens is 302 g/mol. The number of nitrogens with zero attached hydrogens (tertiary/aromatic N) is 1. The molecule has 0 saturated heterocycles. The molecule has 0 saturated carbocycles. The van der Waals surface area contributed by atoms with E-state index in [2.05, 4.69) is 11.9 Å². The summed E-state index contributed by atoms with van der Waals surface area (Å²) >= 11 is 0. The number of pyridine rings is 1. The molecule has 0 radical (unpaired) electrons. The Bertz CT molecular complexity index is 681. The zero-order chi connectivity index (χ0) is 17.2. The van der Waals surface area contributed by atoms with Crippen LogP contribution in [0.2, 0.25) is 0 Å². The molecule has 0 amide bonds. The van der Waals surface area contributed by atoms with Crippen LogP contribution in [0.3, 0.4) is 0 Å². The van der Waals surface area contributed by atoms with Gasteiger partial charge in [0.2, 0.25) is 0 Å². The van der Waals surface area contributed by atoms with Gasteiger partial charge >= 0.3 is 0 Å². The molecule has 4 heteroatoms. The number of hydrogen-bond donors (Lipinski definition) is 0. The summed E-state index contributed by atoms with van der Waals surface area (Å²) in [5, 5.41) is 0. The maximum Gasteiger partial charge on any atom is 0.187 e. The summed E-state index contributed by atoms with van der Waals surface area (Å²) in [6, 6.07) is 9.18. The Kier molecular flexibility index (Phi) is 7.02. The lowest BCUT2D eigenvalue weighted by atomic mass is 10.1. The molecule has 0 spiro atoms. The third-order valence-corrected chi connectivity index (χ3v) is 3.40. The number of ketones is 1. The molecule has 0 aliphatic heterocycles. The zero-order valence-corrected chi connectivity index (χ0v) is 14.2. The molecule has 0 aliphatic rings. The molecule has 0 fully saturated rings. The van der Waals surface area contributed by atoms with Crippen molar-refractivity contribution in [3.8, 4) is 11.5 Å². The van der Waals surface area contributed by atoms with Gasteiger partial charge in [-0.2, -0.15) is 0 Å². The molecule has 2 rings (SSSR count). The SMILES string of the molecule is CCCCOc1ccc(/C=C/C(=O)c2cccnc2)cc1OCC. The topological polar surface area (TPSA) is 48.4 Å². The highest BCUT2D eigenvalue weighted by atomic mass is 16.5. The number of allylic oxidation sites excluding steroid dienone is 1. The van der Waals surface area contributed by atoms with Crippen molar-refractivity contribution < 1.29 is 14.3 Å². The van der Waals surface area contributed by atoms with E-state index >= 15 is 0 Å². The van der Waals surface area contributed by atoms with Gasteiger partial charge in [0, 0.05) is 18.0 Å². The van der Waals surface area contributed by atoms with Crippen molar-refractivity contribution in [1.82, 2.24) is 4.98 Å². The first-order valence-electron chi connectivity index (χ1n) is 8.26. The largest absolute Gasteiger partial charge is 0.490 e. The van der Waals surface area contributed by atoms with Gasteiger partial charge in [0.15, 0.2) is 17.3 Å². The van der Waals surface area contributed by atoms with Gasteiger partial charge in [-0.15, -0.1) is 0 Å². The quantitative estimate of drug-likeness (QED) is 0.385. The van der Waals surface area contributed by atoms with Crippen molar-refractivity contribution in [3.05, 3.63) is 59.9 Å². The van der Waals surface area contributed by atoms with Crippen LogP contribution in [0.15, 0.2) is 48.8 Å². The van der Waals surface area contributed by atoms with Crippen LogP contribution in [0, 0.1) is 0 Å². The molecule has 0 N–H and O–H groups in total. The lowest BCUT2D eigenvalue weighted by molar-refractivity contribution is 0.104. The lowest BCUT2D eigenvalue weighted by Gasteiger charge is -2.12. The molecule has 0 aliphatic carbocycles. The molecule has 126 valence electrons. The van der Waals surface area contributed by atoms with Crippen LogP contribution < -0.4 is 9.47 Å². The van der Waals surface area contributed by atoms with E-state index in [0.29, 0.717) is 24.5 Å². The van der Waals surface area contributed by atoms with Gasteiger partial charge in [-0.3, -0.25) is 9.78 Å². The number of unbranched alkanes of at least 4 members (excludes halogenated alkanes) is 1. The van der Waals surface area contributed by atoms with Gasteiger partial charge in [0.05, 0.1) is 13.2 Å². The van der Waals surface area contributed by atoms with Gasteiger partial charge < -0.3 is 9.47 Å². The highest BCUT2D eigenvalue weighted by molar-refractivity contribution is 6.06. The van der Waals surface area contributed by atoms with E-state index in [1.807, 2.05) is 25.1 Å². The minimum Gasteiger partial charge on any atom is -0.490 e. The second-order valence-corrected chi connectivity index (χ2v) is 5.28. The van der Waals surface area contributed by atoms with Crippen LogP contribution in [0.4, 0.5) is 0 Å². The number of hydrogen-bond acceptors (Lipinski definition) is 4. The Balaban J connectivity index is 2.11. The van der Waals surface area contributed by atoms with Crippen LogP contribution in [0.1, 0.15) is 42.6 Å². The van der Waals surface area contributed by atoms with Crippen LogP contribution in [-0.2, 0) is 0 Å². The van der Waals surface area contributed by atoms with E-state index in [9.17, 15) is 4.79 Å². The Morgan fingerprint density at radius 1 is 1.17 bits per heavy atom. The fraction of sp³-hybridized carbons (Fsp3) is 0.300. The Labute approximate surface area is 143 Å². The molecule has 2 aromatic rings. The summed E-state index contributed by atoms with van der Waals surface area (Å²) in [6.45, 7) is 5.29. The van der Waals surface area contributed by atoms with E-state index in [1.165, 1.54) is 0 Å². The normalized spacial score (nSPS) is 10.8. The third-order valence-electron chi connectivity index (χ3n) is 3.40. The number of rotatable bonds is 9. The smallest absolute Gasteiger partial charge is 0.187 e. The van der Waals surface area contributed by atoms with Crippen molar-refractivity contribution in [2.75, 3.05) is 13.2 Å². The summed E-state index contributed by atoms with van der Waals surface area (Å²) in [5.74, 6) is 1.36. The molecule has 0 atom stereocenters. The number of ether oxygens (including phenoxy) is 2. The fourth-order valence-electron chi connectivity index (χ4n) is 2.12. The van der Waals surface area contributed by atoms with Crippen LogP contribution in [-0.4, -0.2) is 24.0 Å². The monoisotopic (exact) mass is 325 g/mol. The summed E-state index contributed by atoms with van der Waals surface area (Å²) in [4.78, 5) is 16.0. The average Bonchev–Trinajstić information content (AvgIpc) is 2.62. The molecule has 0 bridgehead atoms. The second-order valence-electron chi connectivity index (χ2n) is 5.28. The van der Waals surface area contributed by atoms with Crippen LogP contribution >= 0.6 is 0 Å². The second kappa shape index (κ2) is 9.50. The zero-order valence-electron chi connectivity index (χ0n) is 14.2. The first kappa shape index (κ1) is 17.7. The van der Waals surface area contributed by atoms with Gasteiger partial charge in [-0.05, 0) is 49.2 Å². The summed E-state index contributed by atoms with van der Waals surface area (Å²) < 4.78 is 11.4. The molecule has 0 unspecified atom stereocenters. The number of benzene rings is 1. The molecule has 1 aromatic heterocycles. The number of carbonyl (C=O) groups is 1. The lowest BCUT2D eigenvalue weighted by Crippen LogP contribution is -2.01. The van der Waals surface area contributed by atoms with Crippen molar-refractivity contribution in [3.63, 3.8) is 0 Å². The Morgan fingerprint density at radius 2 is 2.04 bits per heavy atom. The standard InChI is InChI=1S/C20H23NO3/c1-3-5-13-24-19-11-9-16(14-20(19)23-4-2)8-10-18(22)17-7-6-12-21-15-17/h6-12,14-15H,3-5,13H2,1-2H3/b10-8+. The summed E-state index contributed by atoms with van der Waals surface area (Å²) in [7, 11) is 0. The molecule has 4 nitrogen and oxygen atoms in total. The molecule has 1 heterocycles. The Morgan fingerprint density at radius 3 is 2.75 bits per heavy atom. The van der Waals surface area contributed by atoms with Gasteiger partial charge in [-0.25, -0.2) is 0 Å². The van der Waals surface area contributed by atoms with E-state index < -0.39 is 0 Å². The third kappa shape index (κ3) is 5.23. The molecule has 24 heavy (non-hydrogen) atoms. The number of carbonyl (C=O) groups excluding carboxylic acids is 1. The number of aromatic nitrogens is 1. The highest BCUT2D eigenvalue weighted by Gasteiger charge is 2.06. The van der Waals surface area contributed by atoms with Gasteiger partial charge in [-0.1, -0.05) is 25.5 Å². The predicted octanol–water partition coefficient (Wildman–Crippen LogP) is 4.56. The summed E-state index contributed by atoms with van der Waals surface area (Å²) in [6.07, 6.45) is 8.61. The van der Waals surface area contributed by atoms with Crippen LogP contribution in [0.25, 0.3) is 6.08 Å². The van der Waals surface area contributed by atoms with Crippen molar-refractivity contribution in [1.29, 1.82) is 0 Å². The maximum atomic E-state index is 12.1. The molecular formula is C20H23NO3. The predicted molar refractivity (Wildman–Crippen MR) is 95.6 cm³/mol. The van der Waals surface area contributed by atoms with Crippen LogP contribution in [0.5, 0.6) is 11.5 Å². The minimum atomic E-state index is -0.0793. The average molecular weight is 325 g/mol. The van der Waals surface area contributed by atoms with Gasteiger partial charge in [0.25, 0.3) is 0 Å². The van der Waals surface area contributed by atoms with E-state index in [0.717, 1.165) is 24.2 Å². The van der Waals surface area contributed by atoms with E-state index in [1.54, 1.807) is 36.7 Å². The minimum absolute atomic E-state index is 0.0793. The van der Waals surface area contributed by atoms with Crippen molar-refractivity contribution in [2.24, 2.45) is 0 Å². The fourth-order valence-corrected chi connectivity index (χ4v) is 2.12. The maximum absolute atomic E-state index is 12.1. The first-order chi connectivity index (χ1) is 11.7. The Hall–Kier alpha value is -2.62. The first-order valence-corrected chi connectivity index (χ1v) is 8.26. The van der Waals surface area contributed by atoms with Gasteiger partial charge in [0.1, 0.15) is 0 Å². The van der Waals surface area contributed by atoms with E-state index in [4.69, 9.17) is 9.47 Å². The van der Waals surface area contributed by atoms with Crippen molar-refractivity contribution in [2.45, 2.75) is 26.7 Å². The highest BCUT2D eigenvalue weighted by Crippen LogP contribution is 2.29. The van der Waals surface area contributed by atoms with E-state index in [-0.39, 0.29) is 5.78 Å².